The maximum atomic E-state index is 7.82. The maximum absolute atomic E-state index is 7.82. The lowest BCUT2D eigenvalue weighted by Gasteiger charge is -2.45. The molecule has 11 aromatic rings. The molecule has 15 rings (SSSR count). The molecule has 8 heteroatoms. The van der Waals surface area contributed by atoms with Crippen LogP contribution in [0.5, 0.6) is 5.75 Å². The van der Waals surface area contributed by atoms with Crippen molar-refractivity contribution < 1.29 is 9.25 Å². The highest BCUT2D eigenvalue weighted by Crippen LogP contribution is 2.51. The van der Waals surface area contributed by atoms with Crippen molar-refractivity contribution in [2.24, 2.45) is 0 Å². The molecule has 4 aliphatic heterocycles. The minimum atomic E-state index is -0.311. The molecular formula is C75H54B2N4O2. The van der Waals surface area contributed by atoms with Gasteiger partial charge in [0.25, 0.3) is 6.71 Å². The average molecular weight is 1060 g/mol. The minimum absolute atomic E-state index is 0.246. The summed E-state index contributed by atoms with van der Waals surface area (Å²) in [5.74, 6) is 0.640. The van der Waals surface area contributed by atoms with Gasteiger partial charge in [-0.2, -0.15) is 5.06 Å². The Bertz CT molecular complexity index is 4580. The van der Waals surface area contributed by atoms with Crippen LogP contribution in [0.1, 0.15) is 18.1 Å². The van der Waals surface area contributed by atoms with Gasteiger partial charge in [0, 0.05) is 73.7 Å². The first-order chi connectivity index (χ1) is 41.0. The van der Waals surface area contributed by atoms with Gasteiger partial charge in [-0.15, -0.1) is 0 Å². The fraction of sp³-hybridized carbons (Fsp3) is 0.0133. The molecular weight excluding hydrogens is 1010 g/mol. The number of hydroxylamine groups is 1. The van der Waals surface area contributed by atoms with E-state index < -0.39 is 0 Å². The van der Waals surface area contributed by atoms with Gasteiger partial charge in [-0.3, -0.25) is 0 Å². The van der Waals surface area contributed by atoms with Crippen LogP contribution in [0.25, 0.3) is 33.1 Å². The number of benzene rings is 10. The Labute approximate surface area is 484 Å². The third-order valence-electron chi connectivity index (χ3n) is 16.8. The normalized spacial score (nSPS) is 14.4. The van der Waals surface area contributed by atoms with Gasteiger partial charge in [0.15, 0.2) is 5.75 Å². The van der Waals surface area contributed by atoms with Crippen LogP contribution >= 0.6 is 0 Å². The SMILES string of the molecule is C=C\C=C/C(=C(\C=C/C=C)N1Oc2ccccc2C(=C)C2=C(C)B(c3cc4c(cc31)N(c1ccccc1)c1cc3oc5ccccc5c3c3c1B4c1ccccc1N3c1ccccc1)c1ccccc1N2c1ccccc1)c1ccccc1. The van der Waals surface area contributed by atoms with Gasteiger partial charge in [0.1, 0.15) is 11.2 Å². The van der Waals surface area contributed by atoms with Crippen molar-refractivity contribution in [2.45, 2.75) is 6.92 Å². The fourth-order valence-corrected chi connectivity index (χ4v) is 13.4. The predicted molar refractivity (Wildman–Crippen MR) is 351 cm³/mol. The zero-order valence-corrected chi connectivity index (χ0v) is 45.9. The van der Waals surface area contributed by atoms with Crippen LogP contribution in [-0.4, -0.2) is 13.4 Å². The first-order valence-electron chi connectivity index (χ1n) is 28.3. The van der Waals surface area contributed by atoms with Crippen molar-refractivity contribution in [3.05, 3.63) is 321 Å². The first-order valence-corrected chi connectivity index (χ1v) is 28.3. The zero-order valence-electron chi connectivity index (χ0n) is 45.9. The number of para-hydroxylation sites is 7. The third kappa shape index (κ3) is 7.82. The lowest BCUT2D eigenvalue weighted by Crippen LogP contribution is -2.63. The van der Waals surface area contributed by atoms with Crippen LogP contribution in [0.3, 0.4) is 0 Å². The molecule has 0 fully saturated rings. The summed E-state index contributed by atoms with van der Waals surface area (Å²) in [7, 11) is 0. The molecule has 0 saturated heterocycles. The van der Waals surface area contributed by atoms with Crippen molar-refractivity contribution in [3.8, 4) is 5.75 Å². The second kappa shape index (κ2) is 20.1. The molecule has 1 aromatic heterocycles. The van der Waals surface area contributed by atoms with E-state index in [1.165, 1.54) is 10.9 Å². The molecule has 0 atom stereocenters. The largest absolute Gasteiger partial charge is 0.456 e. The summed E-state index contributed by atoms with van der Waals surface area (Å²) in [4.78, 5) is 15.2. The Morgan fingerprint density at radius 3 is 1.72 bits per heavy atom. The third-order valence-corrected chi connectivity index (χ3v) is 16.8. The van der Waals surface area contributed by atoms with Crippen molar-refractivity contribution in [1.82, 2.24) is 0 Å². The first kappa shape index (κ1) is 49.4. The van der Waals surface area contributed by atoms with E-state index in [1.807, 2.05) is 30.4 Å². The quantitative estimate of drug-likeness (QED) is 0.106. The summed E-state index contributed by atoms with van der Waals surface area (Å²) in [5, 5.41) is 4.21. The fourth-order valence-electron chi connectivity index (χ4n) is 13.4. The topological polar surface area (TPSA) is 35.3 Å². The molecule has 10 aromatic carbocycles. The maximum Gasteiger partial charge on any atom is 0.252 e. The second-order valence-electron chi connectivity index (χ2n) is 21.3. The molecule has 0 amide bonds. The van der Waals surface area contributed by atoms with Crippen LogP contribution < -0.4 is 51.9 Å². The Morgan fingerprint density at radius 2 is 1.02 bits per heavy atom. The van der Waals surface area contributed by atoms with E-state index >= 15 is 0 Å². The average Bonchev–Trinajstić information content (AvgIpc) is 3.13. The monoisotopic (exact) mass is 1060 g/mol. The molecule has 6 nitrogen and oxygen atoms in total. The van der Waals surface area contributed by atoms with Gasteiger partial charge < -0.3 is 24.0 Å². The summed E-state index contributed by atoms with van der Waals surface area (Å²) >= 11 is 0. The van der Waals surface area contributed by atoms with E-state index in [9.17, 15) is 0 Å². The van der Waals surface area contributed by atoms with E-state index in [2.05, 4.69) is 283 Å². The van der Waals surface area contributed by atoms with E-state index in [0.717, 1.165) is 129 Å². The summed E-state index contributed by atoms with van der Waals surface area (Å²) in [6.07, 6.45) is 11.9. The van der Waals surface area contributed by atoms with Gasteiger partial charge in [0.05, 0.1) is 22.5 Å². The molecule has 83 heavy (non-hydrogen) atoms. The van der Waals surface area contributed by atoms with Crippen LogP contribution in [0, 0.1) is 0 Å². The van der Waals surface area contributed by atoms with Gasteiger partial charge in [-0.1, -0.05) is 219 Å². The lowest BCUT2D eigenvalue weighted by molar-refractivity contribution is 0.311. The molecule has 4 aliphatic rings. The number of hydrogen-bond donors (Lipinski definition) is 0. The molecule has 0 unspecified atom stereocenters. The van der Waals surface area contributed by atoms with Gasteiger partial charge in [0.2, 0.25) is 6.71 Å². The number of nitrogens with zero attached hydrogens (tertiary/aromatic N) is 4. The van der Waals surface area contributed by atoms with Gasteiger partial charge in [-0.05, 0) is 113 Å². The van der Waals surface area contributed by atoms with Gasteiger partial charge >= 0.3 is 0 Å². The predicted octanol–water partition coefficient (Wildman–Crippen LogP) is 16.0. The number of rotatable bonds is 9. The number of furan rings is 1. The van der Waals surface area contributed by atoms with E-state index in [0.29, 0.717) is 5.75 Å². The summed E-state index contributed by atoms with van der Waals surface area (Å²) < 4.78 is 7.04. The molecule has 392 valence electrons. The Hall–Kier alpha value is -10.7. The molecule has 0 saturated carbocycles. The molecule has 0 N–H and O–H groups in total. The Kier molecular flexibility index (Phi) is 12.0. The standard InChI is InChI=1S/C75H54B2N4O2/c1-5-7-37-57(52-29-13-9-14-30-52)63(42-8-6-2)81-67-48-66-61(47-62(67)76-51(4)74(50(3)56-38-21-28-46-70(56)83-81)79(54-33-17-11-18-34-54)64-43-25-23-40-59(64)76)77-60-41-24-26-44-65(60)80(55-35-19-12-20-36-55)75-72-58-39-22-27-45-69(58)82-71(72)49-68(73(75)77)78(66)53-31-15-10-16-32-53/h5-49H,1-3H2,4H3/b37-7-,42-8-,63-57-. The van der Waals surface area contributed by atoms with Crippen molar-refractivity contribution in [3.63, 3.8) is 0 Å². The highest BCUT2D eigenvalue weighted by Gasteiger charge is 2.48. The van der Waals surface area contributed by atoms with Crippen LogP contribution in [0.4, 0.5) is 51.2 Å². The highest BCUT2D eigenvalue weighted by atomic mass is 16.7. The summed E-state index contributed by atoms with van der Waals surface area (Å²) in [6, 6.07) is 84.6. The van der Waals surface area contributed by atoms with E-state index in [1.54, 1.807) is 0 Å². The molecule has 5 heterocycles. The van der Waals surface area contributed by atoms with Crippen molar-refractivity contribution >= 4 is 125 Å². The zero-order chi connectivity index (χ0) is 55.7. The molecule has 2 bridgehead atoms. The smallest absolute Gasteiger partial charge is 0.252 e. The van der Waals surface area contributed by atoms with Gasteiger partial charge in [-0.25, -0.2) is 0 Å². The number of hydrogen-bond acceptors (Lipinski definition) is 6. The number of allylic oxidation sites excluding steroid dienone is 9. The Balaban J connectivity index is 1.14. The number of fused-ring (bicyclic) bond motifs is 14. The Morgan fingerprint density at radius 1 is 0.470 bits per heavy atom. The van der Waals surface area contributed by atoms with Crippen molar-refractivity contribution in [1.29, 1.82) is 0 Å². The summed E-state index contributed by atoms with van der Waals surface area (Å²) in [6.45, 7) is 15.2. The lowest BCUT2D eigenvalue weighted by atomic mass is 9.30. The summed E-state index contributed by atoms with van der Waals surface area (Å²) in [5.41, 5.74) is 23.3. The van der Waals surface area contributed by atoms with Crippen LogP contribution in [0.2, 0.25) is 0 Å². The molecule has 0 aliphatic carbocycles. The molecule has 0 radical (unpaired) electrons. The highest BCUT2D eigenvalue weighted by molar-refractivity contribution is 7.01. The van der Waals surface area contributed by atoms with Crippen LogP contribution in [-0.2, 0) is 0 Å². The minimum Gasteiger partial charge on any atom is -0.456 e. The van der Waals surface area contributed by atoms with Crippen LogP contribution in [0.15, 0.2) is 314 Å². The van der Waals surface area contributed by atoms with E-state index in [4.69, 9.17) is 15.8 Å². The van der Waals surface area contributed by atoms with E-state index in [-0.39, 0.29) is 13.4 Å². The number of anilines is 9. The van der Waals surface area contributed by atoms with Crippen molar-refractivity contribution in [2.75, 3.05) is 19.8 Å². The molecule has 0 spiro atoms. The second-order valence-corrected chi connectivity index (χ2v) is 21.3.